The molecule has 3 aromatic rings. The molecule has 21 heavy (non-hydrogen) atoms. The molecule has 0 aliphatic heterocycles. The molecule has 0 aliphatic carbocycles. The standard InChI is InChI=1S/C18H16FNP/c1-21(15-9-4-2-5-10-15,16-11-6-3-7-12-16)18-14-8-13-17(19)20-18/h2-14H,1H3/q+1. The molecule has 3 heteroatoms. The number of hydrogen-bond acceptors (Lipinski definition) is 1. The monoisotopic (exact) mass is 296 g/mol. The average molecular weight is 296 g/mol. The van der Waals surface area contributed by atoms with E-state index in [1.165, 1.54) is 16.7 Å². The predicted octanol–water partition coefficient (Wildman–Crippen LogP) is 3.14. The van der Waals surface area contributed by atoms with E-state index in [0.29, 0.717) is 0 Å². The van der Waals surface area contributed by atoms with Gasteiger partial charge in [0.2, 0.25) is 5.95 Å². The third-order valence-corrected chi connectivity index (χ3v) is 7.53. The van der Waals surface area contributed by atoms with Gasteiger partial charge >= 0.3 is 0 Å². The Bertz CT molecular complexity index is 689. The van der Waals surface area contributed by atoms with Crippen LogP contribution >= 0.6 is 7.26 Å². The maximum atomic E-state index is 13.6. The summed E-state index contributed by atoms with van der Waals surface area (Å²) in [5.41, 5.74) is 0.819. The molecule has 3 rings (SSSR count). The molecule has 0 radical (unpaired) electrons. The minimum absolute atomic E-state index is 0.425. The molecule has 0 aliphatic rings. The average Bonchev–Trinajstić information content (AvgIpc) is 2.56. The Morgan fingerprint density at radius 3 is 1.71 bits per heavy atom. The molecule has 0 saturated carbocycles. The van der Waals surface area contributed by atoms with Crippen LogP contribution in [-0.2, 0) is 0 Å². The summed E-state index contributed by atoms with van der Waals surface area (Å²) in [6, 6.07) is 25.6. The summed E-state index contributed by atoms with van der Waals surface area (Å²) in [6.45, 7) is 2.19. The highest BCUT2D eigenvalue weighted by molar-refractivity contribution is 7.94. The largest absolute Gasteiger partial charge is 0.216 e. The number of hydrogen-bond donors (Lipinski definition) is 0. The third kappa shape index (κ3) is 2.59. The van der Waals surface area contributed by atoms with Crippen molar-refractivity contribution >= 4 is 23.3 Å². The summed E-state index contributed by atoms with van der Waals surface area (Å²) < 4.78 is 13.6. The van der Waals surface area contributed by atoms with Crippen LogP contribution in [0.3, 0.4) is 0 Å². The van der Waals surface area contributed by atoms with Crippen molar-refractivity contribution in [1.82, 2.24) is 4.98 Å². The first-order valence-corrected chi connectivity index (χ1v) is 9.06. The van der Waals surface area contributed by atoms with Gasteiger partial charge < -0.3 is 0 Å². The summed E-state index contributed by atoms with van der Waals surface area (Å²) in [5, 5.41) is 2.41. The summed E-state index contributed by atoms with van der Waals surface area (Å²) in [7, 11) is -1.90. The highest BCUT2D eigenvalue weighted by Crippen LogP contribution is 2.50. The Hall–Kier alpha value is -2.05. The van der Waals surface area contributed by atoms with E-state index in [-0.39, 0.29) is 0 Å². The predicted molar refractivity (Wildman–Crippen MR) is 88.8 cm³/mol. The van der Waals surface area contributed by atoms with Crippen LogP contribution in [0.4, 0.5) is 4.39 Å². The van der Waals surface area contributed by atoms with E-state index in [0.717, 1.165) is 5.44 Å². The van der Waals surface area contributed by atoms with E-state index in [1.54, 1.807) is 6.07 Å². The zero-order valence-electron chi connectivity index (χ0n) is 11.8. The summed E-state index contributed by atoms with van der Waals surface area (Å²) in [4.78, 5) is 4.18. The number of halogens is 1. The second kappa shape index (κ2) is 5.75. The van der Waals surface area contributed by atoms with Gasteiger partial charge in [-0.2, -0.15) is 9.37 Å². The van der Waals surface area contributed by atoms with Gasteiger partial charge in [0, 0.05) is 6.07 Å². The van der Waals surface area contributed by atoms with Gasteiger partial charge in [0.25, 0.3) is 0 Å². The van der Waals surface area contributed by atoms with Gasteiger partial charge in [-0.05, 0) is 30.3 Å². The van der Waals surface area contributed by atoms with Crippen LogP contribution in [0.15, 0.2) is 78.9 Å². The van der Waals surface area contributed by atoms with Crippen molar-refractivity contribution in [3.63, 3.8) is 0 Å². The lowest BCUT2D eigenvalue weighted by Gasteiger charge is -2.21. The second-order valence-electron chi connectivity index (χ2n) is 5.00. The Kier molecular flexibility index (Phi) is 3.81. The van der Waals surface area contributed by atoms with E-state index in [4.69, 9.17) is 0 Å². The molecule has 0 amide bonds. The van der Waals surface area contributed by atoms with E-state index < -0.39 is 13.2 Å². The van der Waals surface area contributed by atoms with Crippen LogP contribution in [-0.4, -0.2) is 11.6 Å². The number of aromatic nitrogens is 1. The number of rotatable bonds is 3. The minimum atomic E-state index is -1.90. The lowest BCUT2D eigenvalue weighted by atomic mass is 10.4. The van der Waals surface area contributed by atoms with Crippen LogP contribution in [0.5, 0.6) is 0 Å². The molecule has 104 valence electrons. The molecule has 0 bridgehead atoms. The molecular weight excluding hydrogens is 280 g/mol. The van der Waals surface area contributed by atoms with Gasteiger partial charge in [-0.3, -0.25) is 0 Å². The van der Waals surface area contributed by atoms with E-state index >= 15 is 0 Å². The van der Waals surface area contributed by atoms with Crippen molar-refractivity contribution in [2.75, 3.05) is 6.66 Å². The van der Waals surface area contributed by atoms with Crippen LogP contribution in [0.25, 0.3) is 0 Å². The van der Waals surface area contributed by atoms with Gasteiger partial charge in [0.15, 0.2) is 5.44 Å². The van der Waals surface area contributed by atoms with E-state index in [9.17, 15) is 4.39 Å². The SMILES string of the molecule is C[P+](c1ccccc1)(c1ccccc1)c1cccc(F)n1. The Morgan fingerprint density at radius 1 is 0.714 bits per heavy atom. The van der Waals surface area contributed by atoms with Crippen molar-refractivity contribution in [1.29, 1.82) is 0 Å². The maximum Gasteiger partial charge on any atom is 0.216 e. The molecular formula is C18H16FNP+. The molecule has 0 spiro atoms. The fourth-order valence-electron chi connectivity index (χ4n) is 2.51. The molecule has 1 heterocycles. The van der Waals surface area contributed by atoms with E-state index in [2.05, 4.69) is 35.9 Å². The lowest BCUT2D eigenvalue weighted by molar-refractivity contribution is 0.587. The Morgan fingerprint density at radius 2 is 1.24 bits per heavy atom. The smallest absolute Gasteiger partial charge is 0.185 e. The summed E-state index contributed by atoms with van der Waals surface area (Å²) in [6.07, 6.45) is 0. The zero-order valence-corrected chi connectivity index (χ0v) is 12.7. The van der Waals surface area contributed by atoms with Gasteiger partial charge in [0.1, 0.15) is 17.9 Å². The van der Waals surface area contributed by atoms with Gasteiger partial charge in [-0.25, -0.2) is 0 Å². The fraction of sp³-hybridized carbons (Fsp3) is 0.0556. The van der Waals surface area contributed by atoms with Gasteiger partial charge in [-0.1, -0.05) is 42.5 Å². The Balaban J connectivity index is 2.25. The van der Waals surface area contributed by atoms with Crippen molar-refractivity contribution < 1.29 is 4.39 Å². The fourth-order valence-corrected chi connectivity index (χ4v) is 5.56. The lowest BCUT2D eigenvalue weighted by Crippen LogP contribution is -2.32. The first-order chi connectivity index (χ1) is 10.2. The van der Waals surface area contributed by atoms with Crippen LogP contribution in [0, 0.1) is 5.95 Å². The third-order valence-electron chi connectivity index (χ3n) is 3.70. The topological polar surface area (TPSA) is 12.9 Å². The molecule has 0 fully saturated rings. The first-order valence-electron chi connectivity index (χ1n) is 6.82. The highest BCUT2D eigenvalue weighted by Gasteiger charge is 2.41. The second-order valence-corrected chi connectivity index (χ2v) is 8.50. The van der Waals surface area contributed by atoms with Gasteiger partial charge in [0.05, 0.1) is 6.66 Å². The van der Waals surface area contributed by atoms with E-state index in [1.807, 2.05) is 42.5 Å². The quantitative estimate of drug-likeness (QED) is 0.534. The molecule has 0 atom stereocenters. The van der Waals surface area contributed by atoms with Crippen LogP contribution in [0.1, 0.15) is 0 Å². The summed E-state index contributed by atoms with van der Waals surface area (Å²) >= 11 is 0. The van der Waals surface area contributed by atoms with Crippen molar-refractivity contribution in [3.05, 3.63) is 84.8 Å². The molecule has 1 nitrogen and oxygen atoms in total. The number of nitrogens with zero attached hydrogens (tertiary/aromatic N) is 1. The minimum Gasteiger partial charge on any atom is -0.185 e. The molecule has 0 saturated heterocycles. The number of benzene rings is 2. The Labute approximate surface area is 124 Å². The maximum absolute atomic E-state index is 13.6. The highest BCUT2D eigenvalue weighted by atomic mass is 31.2. The van der Waals surface area contributed by atoms with Crippen LogP contribution in [0.2, 0.25) is 0 Å². The normalized spacial score (nSPS) is 11.3. The van der Waals surface area contributed by atoms with Crippen LogP contribution < -0.4 is 16.0 Å². The molecule has 0 unspecified atom stereocenters. The first kappa shape index (κ1) is 13.9. The van der Waals surface area contributed by atoms with Crippen molar-refractivity contribution in [3.8, 4) is 0 Å². The van der Waals surface area contributed by atoms with Gasteiger partial charge in [-0.15, -0.1) is 0 Å². The zero-order chi connectivity index (χ0) is 14.7. The molecule has 0 N–H and O–H groups in total. The molecule has 2 aromatic carbocycles. The molecule has 1 aromatic heterocycles. The van der Waals surface area contributed by atoms with Crippen molar-refractivity contribution in [2.45, 2.75) is 0 Å². The summed E-state index contributed by atoms with van der Waals surface area (Å²) in [5.74, 6) is -0.425. The van der Waals surface area contributed by atoms with Crippen molar-refractivity contribution in [2.24, 2.45) is 0 Å². The number of pyridine rings is 1.